The molecule has 4 nitrogen and oxygen atoms in total. The molecule has 1 aromatic carbocycles. The Morgan fingerprint density at radius 1 is 1.38 bits per heavy atom. The molecule has 0 fully saturated rings. The maximum atomic E-state index is 10.2. The van der Waals surface area contributed by atoms with Gasteiger partial charge in [-0.15, -0.1) is 0 Å². The van der Waals surface area contributed by atoms with E-state index >= 15 is 0 Å². The SMILES string of the molecule is COC=O.O=C(O)c1ccccc1. The number of carbonyl (C=O) groups is 2. The molecule has 0 bridgehead atoms. The molecule has 13 heavy (non-hydrogen) atoms. The van der Waals surface area contributed by atoms with Gasteiger partial charge in [0.15, 0.2) is 0 Å². The van der Waals surface area contributed by atoms with Gasteiger partial charge in [0.05, 0.1) is 12.7 Å². The summed E-state index contributed by atoms with van der Waals surface area (Å²) in [7, 11) is 1.31. The first kappa shape index (κ1) is 11.2. The maximum absolute atomic E-state index is 10.2. The van der Waals surface area contributed by atoms with Crippen molar-refractivity contribution in [2.45, 2.75) is 0 Å². The van der Waals surface area contributed by atoms with Crippen LogP contribution >= 0.6 is 0 Å². The van der Waals surface area contributed by atoms with Crippen molar-refractivity contribution in [3.8, 4) is 0 Å². The van der Waals surface area contributed by atoms with Gasteiger partial charge in [0, 0.05) is 0 Å². The molecule has 0 amide bonds. The summed E-state index contributed by atoms with van der Waals surface area (Å²) in [5.74, 6) is -0.879. The minimum absolute atomic E-state index is 0.331. The van der Waals surface area contributed by atoms with Crippen molar-refractivity contribution in [1.82, 2.24) is 0 Å². The van der Waals surface area contributed by atoms with Gasteiger partial charge in [-0.05, 0) is 12.1 Å². The van der Waals surface area contributed by atoms with E-state index in [0.29, 0.717) is 12.0 Å². The van der Waals surface area contributed by atoms with Crippen LogP contribution in [0.25, 0.3) is 0 Å². The molecule has 1 N–H and O–H groups in total. The van der Waals surface area contributed by atoms with Gasteiger partial charge in [0.2, 0.25) is 0 Å². The van der Waals surface area contributed by atoms with E-state index in [4.69, 9.17) is 9.90 Å². The Morgan fingerprint density at radius 2 is 1.85 bits per heavy atom. The van der Waals surface area contributed by atoms with Crippen LogP contribution in [0.5, 0.6) is 0 Å². The van der Waals surface area contributed by atoms with Crippen LogP contribution in [0.1, 0.15) is 10.4 Å². The molecular formula is C9H10O4. The Hall–Kier alpha value is -1.84. The highest BCUT2D eigenvalue weighted by atomic mass is 16.5. The van der Waals surface area contributed by atoms with E-state index in [-0.39, 0.29) is 0 Å². The third-order valence-electron chi connectivity index (χ3n) is 1.12. The molecule has 1 rings (SSSR count). The summed E-state index contributed by atoms with van der Waals surface area (Å²) in [6.07, 6.45) is 0. The second-order valence-corrected chi connectivity index (χ2v) is 2.00. The van der Waals surface area contributed by atoms with E-state index in [1.807, 2.05) is 0 Å². The van der Waals surface area contributed by atoms with Crippen LogP contribution in [0.4, 0.5) is 0 Å². The Morgan fingerprint density at radius 3 is 2.08 bits per heavy atom. The Bertz CT molecular complexity index is 256. The molecule has 0 saturated heterocycles. The monoisotopic (exact) mass is 182 g/mol. The first-order valence-corrected chi connectivity index (χ1v) is 3.47. The molecule has 0 spiro atoms. The number of aromatic carboxylic acids is 1. The zero-order valence-corrected chi connectivity index (χ0v) is 7.14. The minimum atomic E-state index is -0.879. The third kappa shape index (κ3) is 5.43. The fourth-order valence-corrected chi connectivity index (χ4v) is 0.581. The van der Waals surface area contributed by atoms with Gasteiger partial charge in [0.25, 0.3) is 6.47 Å². The predicted molar refractivity (Wildman–Crippen MR) is 46.5 cm³/mol. The number of hydrogen-bond acceptors (Lipinski definition) is 3. The molecule has 4 heteroatoms. The van der Waals surface area contributed by atoms with Crippen LogP contribution < -0.4 is 0 Å². The van der Waals surface area contributed by atoms with E-state index in [9.17, 15) is 4.79 Å². The smallest absolute Gasteiger partial charge is 0.335 e. The van der Waals surface area contributed by atoms with Gasteiger partial charge in [0.1, 0.15) is 0 Å². The van der Waals surface area contributed by atoms with Gasteiger partial charge < -0.3 is 9.84 Å². The molecule has 0 atom stereocenters. The van der Waals surface area contributed by atoms with Crippen LogP contribution in [-0.4, -0.2) is 24.7 Å². The van der Waals surface area contributed by atoms with Gasteiger partial charge >= 0.3 is 5.97 Å². The summed E-state index contributed by atoms with van der Waals surface area (Å²) in [6.45, 7) is 0.375. The number of benzene rings is 1. The lowest BCUT2D eigenvalue weighted by Crippen LogP contribution is -1.93. The van der Waals surface area contributed by atoms with Crippen LogP contribution in [0.15, 0.2) is 30.3 Å². The van der Waals surface area contributed by atoms with Crippen molar-refractivity contribution >= 4 is 12.4 Å². The average Bonchev–Trinajstić information content (AvgIpc) is 2.19. The first-order valence-electron chi connectivity index (χ1n) is 3.47. The van der Waals surface area contributed by atoms with Crippen molar-refractivity contribution in [2.24, 2.45) is 0 Å². The number of methoxy groups -OCH3 is 1. The van der Waals surface area contributed by atoms with Crippen molar-refractivity contribution in [1.29, 1.82) is 0 Å². The molecule has 1 aromatic rings. The quantitative estimate of drug-likeness (QED) is 0.697. The van der Waals surface area contributed by atoms with Gasteiger partial charge in [-0.3, -0.25) is 4.79 Å². The van der Waals surface area contributed by atoms with Crippen LogP contribution in [0, 0.1) is 0 Å². The molecule has 0 aromatic heterocycles. The predicted octanol–water partition coefficient (Wildman–Crippen LogP) is 1.17. The summed E-state index contributed by atoms with van der Waals surface area (Å²) in [6, 6.07) is 8.30. The number of carbonyl (C=O) groups excluding carboxylic acids is 1. The van der Waals surface area contributed by atoms with E-state index < -0.39 is 5.97 Å². The molecular weight excluding hydrogens is 172 g/mol. The average molecular weight is 182 g/mol. The molecule has 0 aliphatic carbocycles. The lowest BCUT2D eigenvalue weighted by atomic mass is 10.2. The Balaban J connectivity index is 0.000000310. The summed E-state index contributed by atoms with van der Waals surface area (Å²) < 4.78 is 3.86. The van der Waals surface area contributed by atoms with E-state index in [2.05, 4.69) is 4.74 Å². The maximum Gasteiger partial charge on any atom is 0.335 e. The molecule has 0 aliphatic rings. The number of carboxylic acid groups (broad SMARTS) is 1. The van der Waals surface area contributed by atoms with Gasteiger partial charge in [-0.1, -0.05) is 18.2 Å². The summed E-state index contributed by atoms with van der Waals surface area (Å²) in [4.78, 5) is 19.2. The standard InChI is InChI=1S/C7H6O2.C2H4O2/c8-7(9)6-4-2-1-3-5-6;1-4-2-3/h1-5H,(H,8,9);2H,1H3. The molecule has 70 valence electrons. The summed E-state index contributed by atoms with van der Waals surface area (Å²) >= 11 is 0. The lowest BCUT2D eigenvalue weighted by Gasteiger charge is -1.88. The zero-order valence-electron chi connectivity index (χ0n) is 7.14. The van der Waals surface area contributed by atoms with Gasteiger partial charge in [-0.25, -0.2) is 4.79 Å². The van der Waals surface area contributed by atoms with Gasteiger partial charge in [-0.2, -0.15) is 0 Å². The number of carboxylic acids is 1. The minimum Gasteiger partial charge on any atom is -0.478 e. The fourth-order valence-electron chi connectivity index (χ4n) is 0.581. The van der Waals surface area contributed by atoms with Crippen molar-refractivity contribution in [3.63, 3.8) is 0 Å². The van der Waals surface area contributed by atoms with Crippen molar-refractivity contribution < 1.29 is 19.4 Å². The Kier molecular flexibility index (Phi) is 5.88. The normalized spacial score (nSPS) is 7.77. The Labute approximate surface area is 75.8 Å². The first-order chi connectivity index (χ1) is 6.22. The highest BCUT2D eigenvalue weighted by Crippen LogP contribution is 1.96. The fraction of sp³-hybridized carbons (Fsp3) is 0.111. The van der Waals surface area contributed by atoms with E-state index in [1.54, 1.807) is 30.3 Å². The molecule has 0 aliphatic heterocycles. The molecule has 0 heterocycles. The zero-order chi connectivity index (χ0) is 10.1. The molecule has 0 unspecified atom stereocenters. The second-order valence-electron chi connectivity index (χ2n) is 2.00. The molecule has 0 saturated carbocycles. The summed E-state index contributed by atoms with van der Waals surface area (Å²) in [5.41, 5.74) is 0.331. The van der Waals surface area contributed by atoms with Crippen LogP contribution in [0.2, 0.25) is 0 Å². The van der Waals surface area contributed by atoms with Crippen LogP contribution in [0.3, 0.4) is 0 Å². The third-order valence-corrected chi connectivity index (χ3v) is 1.12. The van der Waals surface area contributed by atoms with Crippen molar-refractivity contribution in [2.75, 3.05) is 7.11 Å². The number of rotatable bonds is 2. The van der Waals surface area contributed by atoms with E-state index in [0.717, 1.165) is 0 Å². The number of ether oxygens (including phenoxy) is 1. The topological polar surface area (TPSA) is 63.6 Å². The highest BCUT2D eigenvalue weighted by Gasteiger charge is 1.96. The van der Waals surface area contributed by atoms with Crippen molar-refractivity contribution in [3.05, 3.63) is 35.9 Å². The highest BCUT2D eigenvalue weighted by molar-refractivity contribution is 5.87. The number of hydrogen-bond donors (Lipinski definition) is 1. The second kappa shape index (κ2) is 6.84. The largest absolute Gasteiger partial charge is 0.478 e. The van der Waals surface area contributed by atoms with Crippen LogP contribution in [-0.2, 0) is 9.53 Å². The van der Waals surface area contributed by atoms with E-state index in [1.165, 1.54) is 7.11 Å². The molecule has 0 radical (unpaired) electrons. The summed E-state index contributed by atoms with van der Waals surface area (Å²) in [5, 5.41) is 8.38. The lowest BCUT2D eigenvalue weighted by molar-refractivity contribution is -0.126.